The fourth-order valence-electron chi connectivity index (χ4n) is 0.844. The number of rotatable bonds is 1. The van der Waals surface area contributed by atoms with Crippen LogP contribution >= 0.6 is 22.6 Å². The SMILES string of the molecule is O=Cc1cc(I)cc(C(F)(F)F)c1. The van der Waals surface area contributed by atoms with Crippen LogP contribution in [0.3, 0.4) is 0 Å². The van der Waals surface area contributed by atoms with Gasteiger partial charge in [0.25, 0.3) is 0 Å². The van der Waals surface area contributed by atoms with Gasteiger partial charge in [0.15, 0.2) is 0 Å². The smallest absolute Gasteiger partial charge is 0.298 e. The molecule has 0 heterocycles. The zero-order valence-electron chi connectivity index (χ0n) is 6.23. The van der Waals surface area contributed by atoms with E-state index in [1.807, 2.05) is 0 Å². The number of benzene rings is 1. The first-order chi connectivity index (χ1) is 5.93. The predicted molar refractivity (Wildman–Crippen MR) is 49.5 cm³/mol. The van der Waals surface area contributed by atoms with Crippen molar-refractivity contribution in [2.75, 3.05) is 0 Å². The number of carbonyl (C=O) groups excluding carboxylic acids is 1. The fraction of sp³-hybridized carbons (Fsp3) is 0.125. The van der Waals surface area contributed by atoms with E-state index in [0.29, 0.717) is 9.86 Å². The third kappa shape index (κ3) is 2.68. The molecule has 5 heteroatoms. The van der Waals surface area contributed by atoms with E-state index in [2.05, 4.69) is 0 Å². The van der Waals surface area contributed by atoms with E-state index < -0.39 is 11.7 Å². The van der Waals surface area contributed by atoms with Gasteiger partial charge in [-0.3, -0.25) is 4.79 Å². The van der Waals surface area contributed by atoms with Crippen LogP contribution in [0.15, 0.2) is 18.2 Å². The second-order valence-corrected chi connectivity index (χ2v) is 3.63. The van der Waals surface area contributed by atoms with Crippen LogP contribution in [0.4, 0.5) is 13.2 Å². The first-order valence-electron chi connectivity index (χ1n) is 3.26. The van der Waals surface area contributed by atoms with Gasteiger partial charge in [-0.1, -0.05) is 0 Å². The Morgan fingerprint density at radius 2 is 1.85 bits per heavy atom. The highest BCUT2D eigenvalue weighted by Gasteiger charge is 2.30. The van der Waals surface area contributed by atoms with Crippen LogP contribution in [-0.2, 0) is 6.18 Å². The summed E-state index contributed by atoms with van der Waals surface area (Å²) < 4.78 is 36.9. The van der Waals surface area contributed by atoms with Crippen molar-refractivity contribution >= 4 is 28.9 Å². The summed E-state index contributed by atoms with van der Waals surface area (Å²) in [6, 6.07) is 3.21. The zero-order chi connectivity index (χ0) is 10.1. The quantitative estimate of drug-likeness (QED) is 0.575. The van der Waals surface area contributed by atoms with E-state index in [1.165, 1.54) is 6.07 Å². The molecule has 0 aromatic heterocycles. The van der Waals surface area contributed by atoms with Gasteiger partial charge < -0.3 is 0 Å². The second-order valence-electron chi connectivity index (χ2n) is 2.39. The van der Waals surface area contributed by atoms with Gasteiger partial charge in [-0.25, -0.2) is 0 Å². The number of halogens is 4. The van der Waals surface area contributed by atoms with Crippen molar-refractivity contribution < 1.29 is 18.0 Å². The molecule has 0 saturated carbocycles. The van der Waals surface area contributed by atoms with E-state index in [-0.39, 0.29) is 5.56 Å². The number of hydrogen-bond donors (Lipinski definition) is 0. The lowest BCUT2D eigenvalue weighted by molar-refractivity contribution is -0.137. The Labute approximate surface area is 86.1 Å². The molecule has 1 aromatic rings. The first-order valence-corrected chi connectivity index (χ1v) is 4.34. The van der Waals surface area contributed by atoms with E-state index in [4.69, 9.17) is 0 Å². The van der Waals surface area contributed by atoms with Crippen molar-refractivity contribution in [3.05, 3.63) is 32.9 Å². The molecule has 0 atom stereocenters. The molecule has 0 saturated heterocycles. The molecule has 13 heavy (non-hydrogen) atoms. The molecule has 0 bridgehead atoms. The van der Waals surface area contributed by atoms with Gasteiger partial charge in [-0.2, -0.15) is 13.2 Å². The van der Waals surface area contributed by atoms with E-state index >= 15 is 0 Å². The largest absolute Gasteiger partial charge is 0.416 e. The molecule has 1 nitrogen and oxygen atoms in total. The molecule has 0 spiro atoms. The Morgan fingerprint density at radius 1 is 1.23 bits per heavy atom. The molecule has 1 rings (SSSR count). The Kier molecular flexibility index (Phi) is 2.94. The van der Waals surface area contributed by atoms with Crippen molar-refractivity contribution in [1.82, 2.24) is 0 Å². The Balaban J connectivity index is 3.24. The Bertz CT molecular complexity index is 333. The van der Waals surface area contributed by atoms with Gasteiger partial charge in [-0.15, -0.1) is 0 Å². The van der Waals surface area contributed by atoms with Crippen LogP contribution in [0.2, 0.25) is 0 Å². The summed E-state index contributed by atoms with van der Waals surface area (Å²) in [6.07, 6.45) is -3.99. The summed E-state index contributed by atoms with van der Waals surface area (Å²) in [5.41, 5.74) is -0.749. The summed E-state index contributed by atoms with van der Waals surface area (Å²) in [7, 11) is 0. The topological polar surface area (TPSA) is 17.1 Å². The fourth-order valence-corrected chi connectivity index (χ4v) is 1.54. The molecular formula is C8H4F3IO. The van der Waals surface area contributed by atoms with E-state index in [1.54, 1.807) is 22.6 Å². The summed E-state index contributed by atoms with van der Waals surface area (Å²) in [5.74, 6) is 0. The molecule has 0 fully saturated rings. The van der Waals surface area contributed by atoms with E-state index in [9.17, 15) is 18.0 Å². The summed E-state index contributed by atoms with van der Waals surface area (Å²) in [4.78, 5) is 10.3. The van der Waals surface area contributed by atoms with Gasteiger partial charge in [0.1, 0.15) is 6.29 Å². The lowest BCUT2D eigenvalue weighted by Gasteiger charge is -2.07. The van der Waals surface area contributed by atoms with Crippen molar-refractivity contribution in [3.8, 4) is 0 Å². The maximum Gasteiger partial charge on any atom is 0.416 e. The van der Waals surface area contributed by atoms with Crippen LogP contribution in [-0.4, -0.2) is 6.29 Å². The summed E-state index contributed by atoms with van der Waals surface area (Å²) >= 11 is 1.74. The van der Waals surface area contributed by atoms with Crippen molar-refractivity contribution in [1.29, 1.82) is 0 Å². The average molecular weight is 300 g/mol. The highest BCUT2D eigenvalue weighted by Crippen LogP contribution is 2.30. The summed E-state index contributed by atoms with van der Waals surface area (Å²) in [6.45, 7) is 0. The van der Waals surface area contributed by atoms with E-state index in [0.717, 1.165) is 12.1 Å². The van der Waals surface area contributed by atoms with Crippen molar-refractivity contribution in [2.24, 2.45) is 0 Å². The van der Waals surface area contributed by atoms with Crippen LogP contribution < -0.4 is 0 Å². The molecule has 0 N–H and O–H groups in total. The number of carbonyl (C=O) groups is 1. The molecule has 70 valence electrons. The zero-order valence-corrected chi connectivity index (χ0v) is 8.39. The molecular weight excluding hydrogens is 296 g/mol. The Hall–Kier alpha value is -0.590. The predicted octanol–water partition coefficient (Wildman–Crippen LogP) is 3.12. The minimum Gasteiger partial charge on any atom is -0.298 e. The normalized spacial score (nSPS) is 11.4. The highest BCUT2D eigenvalue weighted by atomic mass is 127. The maximum absolute atomic E-state index is 12.2. The van der Waals surface area contributed by atoms with Gasteiger partial charge in [0.05, 0.1) is 5.56 Å². The standard InChI is InChI=1S/C8H4F3IO/c9-8(10,11)6-1-5(4-13)2-7(12)3-6/h1-4H. The third-order valence-corrected chi connectivity index (χ3v) is 2.01. The van der Waals surface area contributed by atoms with Crippen molar-refractivity contribution in [3.63, 3.8) is 0 Å². The van der Waals surface area contributed by atoms with Gasteiger partial charge in [0.2, 0.25) is 0 Å². The molecule has 0 aliphatic carbocycles. The second kappa shape index (κ2) is 3.65. The molecule has 1 aromatic carbocycles. The Morgan fingerprint density at radius 3 is 2.31 bits per heavy atom. The van der Waals surface area contributed by atoms with Crippen LogP contribution in [0, 0.1) is 3.57 Å². The molecule has 0 aliphatic heterocycles. The van der Waals surface area contributed by atoms with Crippen LogP contribution in [0.1, 0.15) is 15.9 Å². The third-order valence-electron chi connectivity index (χ3n) is 1.38. The average Bonchev–Trinajstić information content (AvgIpc) is 2.01. The van der Waals surface area contributed by atoms with Crippen LogP contribution in [0.25, 0.3) is 0 Å². The molecule has 0 amide bonds. The van der Waals surface area contributed by atoms with Crippen LogP contribution in [0.5, 0.6) is 0 Å². The number of aldehydes is 1. The van der Waals surface area contributed by atoms with Gasteiger partial charge in [0, 0.05) is 9.13 Å². The lowest BCUT2D eigenvalue weighted by Crippen LogP contribution is -2.05. The highest BCUT2D eigenvalue weighted by molar-refractivity contribution is 14.1. The minimum absolute atomic E-state index is 0.0409. The summed E-state index contributed by atoms with van der Waals surface area (Å²) in [5, 5.41) is 0. The van der Waals surface area contributed by atoms with Gasteiger partial charge >= 0.3 is 6.18 Å². The molecule has 0 aliphatic rings. The maximum atomic E-state index is 12.2. The monoisotopic (exact) mass is 300 g/mol. The number of hydrogen-bond acceptors (Lipinski definition) is 1. The molecule has 0 radical (unpaired) electrons. The lowest BCUT2D eigenvalue weighted by atomic mass is 10.1. The minimum atomic E-state index is -4.39. The van der Waals surface area contributed by atoms with Crippen molar-refractivity contribution in [2.45, 2.75) is 6.18 Å². The molecule has 0 unspecified atom stereocenters. The number of alkyl halides is 3. The first kappa shape index (κ1) is 10.5. The van der Waals surface area contributed by atoms with Gasteiger partial charge in [-0.05, 0) is 40.8 Å².